The Bertz CT molecular complexity index is 842. The summed E-state index contributed by atoms with van der Waals surface area (Å²) in [7, 11) is 3.52. The number of ether oxygens (including phenoxy) is 3. The predicted molar refractivity (Wildman–Crippen MR) is 137 cm³/mol. The van der Waals surface area contributed by atoms with E-state index in [1.54, 1.807) is 37.3 Å². The molecule has 3 atom stereocenters. The molecule has 2 heterocycles. The zero-order valence-electron chi connectivity index (χ0n) is 22.0. The monoisotopic (exact) mass is 489 g/mol. The number of nitrogens with zero attached hydrogens (tertiary/aromatic N) is 2. The molecule has 3 rings (SSSR count). The molecule has 8 nitrogen and oxygen atoms in total. The first-order valence-corrected chi connectivity index (χ1v) is 13.0. The SMILES string of the molecule is CCCC(=O)Nc1ccc2c(c1)OC[C@H](C)N(CC1CCOCC1)C[C@H](C)[C@H](OC)CN(C)C2=O. The van der Waals surface area contributed by atoms with E-state index in [1.807, 2.05) is 6.92 Å². The van der Waals surface area contributed by atoms with Crippen LogP contribution in [0.4, 0.5) is 5.69 Å². The summed E-state index contributed by atoms with van der Waals surface area (Å²) in [5, 5.41) is 2.92. The van der Waals surface area contributed by atoms with Crippen LogP contribution in [0.5, 0.6) is 5.75 Å². The molecular formula is C27H43N3O5. The summed E-state index contributed by atoms with van der Waals surface area (Å²) in [6.45, 7) is 10.8. The van der Waals surface area contributed by atoms with Gasteiger partial charge in [-0.05, 0) is 50.2 Å². The maximum absolute atomic E-state index is 13.3. The van der Waals surface area contributed by atoms with E-state index >= 15 is 0 Å². The Morgan fingerprint density at radius 1 is 1.20 bits per heavy atom. The molecule has 0 unspecified atom stereocenters. The minimum atomic E-state index is -0.118. The summed E-state index contributed by atoms with van der Waals surface area (Å²) in [6.07, 6.45) is 3.30. The van der Waals surface area contributed by atoms with Crippen molar-refractivity contribution in [1.29, 1.82) is 0 Å². The van der Waals surface area contributed by atoms with Gasteiger partial charge in [0.05, 0.1) is 11.7 Å². The van der Waals surface area contributed by atoms with E-state index in [-0.39, 0.29) is 29.9 Å². The van der Waals surface area contributed by atoms with Gasteiger partial charge < -0.3 is 24.4 Å². The topological polar surface area (TPSA) is 80.3 Å². The molecule has 1 N–H and O–H groups in total. The summed E-state index contributed by atoms with van der Waals surface area (Å²) in [5.41, 5.74) is 1.13. The highest BCUT2D eigenvalue weighted by Crippen LogP contribution is 2.27. The lowest BCUT2D eigenvalue weighted by atomic mass is 9.96. The molecular weight excluding hydrogens is 446 g/mol. The Kier molecular flexibility index (Phi) is 10.4. The van der Waals surface area contributed by atoms with Crippen molar-refractivity contribution in [2.24, 2.45) is 11.8 Å². The first-order chi connectivity index (χ1) is 16.8. The van der Waals surface area contributed by atoms with E-state index in [4.69, 9.17) is 14.2 Å². The summed E-state index contributed by atoms with van der Waals surface area (Å²) >= 11 is 0. The number of hydrogen-bond acceptors (Lipinski definition) is 6. The summed E-state index contributed by atoms with van der Waals surface area (Å²) < 4.78 is 17.7. The Hall–Kier alpha value is -2.16. The van der Waals surface area contributed by atoms with Gasteiger partial charge in [-0.25, -0.2) is 0 Å². The quantitative estimate of drug-likeness (QED) is 0.657. The van der Waals surface area contributed by atoms with E-state index in [9.17, 15) is 9.59 Å². The highest BCUT2D eigenvalue weighted by Gasteiger charge is 2.30. The van der Waals surface area contributed by atoms with Gasteiger partial charge in [0.15, 0.2) is 0 Å². The third kappa shape index (κ3) is 7.66. The van der Waals surface area contributed by atoms with Crippen LogP contribution in [0.15, 0.2) is 18.2 Å². The van der Waals surface area contributed by atoms with E-state index in [2.05, 4.69) is 24.1 Å². The van der Waals surface area contributed by atoms with Gasteiger partial charge in [0.25, 0.3) is 5.91 Å². The molecule has 1 saturated heterocycles. The summed E-state index contributed by atoms with van der Waals surface area (Å²) in [5.74, 6) is 1.18. The van der Waals surface area contributed by atoms with Crippen LogP contribution in [0.2, 0.25) is 0 Å². The van der Waals surface area contributed by atoms with Gasteiger partial charge in [-0.2, -0.15) is 0 Å². The number of benzene rings is 1. The van der Waals surface area contributed by atoms with Gasteiger partial charge in [0.2, 0.25) is 5.91 Å². The second-order valence-corrected chi connectivity index (χ2v) is 10.1. The van der Waals surface area contributed by atoms with Crippen molar-refractivity contribution in [3.63, 3.8) is 0 Å². The van der Waals surface area contributed by atoms with Gasteiger partial charge >= 0.3 is 0 Å². The van der Waals surface area contributed by atoms with Crippen molar-refractivity contribution in [2.45, 2.75) is 58.6 Å². The van der Waals surface area contributed by atoms with Gasteiger partial charge in [-0.1, -0.05) is 13.8 Å². The average Bonchev–Trinajstić information content (AvgIpc) is 2.85. The Morgan fingerprint density at radius 3 is 2.63 bits per heavy atom. The number of amides is 2. The molecule has 0 aromatic heterocycles. The normalized spacial score (nSPS) is 25.2. The minimum Gasteiger partial charge on any atom is -0.491 e. The van der Waals surface area contributed by atoms with Crippen molar-refractivity contribution in [1.82, 2.24) is 9.80 Å². The molecule has 35 heavy (non-hydrogen) atoms. The number of likely N-dealkylation sites (N-methyl/N-ethyl adjacent to an activating group) is 1. The molecule has 1 aromatic rings. The highest BCUT2D eigenvalue weighted by atomic mass is 16.5. The Labute approximate surface area is 210 Å². The van der Waals surface area contributed by atoms with Gasteiger partial charge in [0.1, 0.15) is 12.4 Å². The number of nitrogens with one attached hydrogen (secondary N) is 1. The molecule has 0 radical (unpaired) electrons. The second kappa shape index (κ2) is 13.2. The fourth-order valence-corrected chi connectivity index (χ4v) is 4.89. The van der Waals surface area contributed by atoms with Crippen LogP contribution >= 0.6 is 0 Å². The maximum Gasteiger partial charge on any atom is 0.257 e. The van der Waals surface area contributed by atoms with Crippen molar-refractivity contribution in [2.75, 3.05) is 58.9 Å². The molecule has 1 aromatic carbocycles. The second-order valence-electron chi connectivity index (χ2n) is 10.1. The van der Waals surface area contributed by atoms with Crippen LogP contribution in [0.1, 0.15) is 56.8 Å². The summed E-state index contributed by atoms with van der Waals surface area (Å²) in [6, 6.07) is 5.44. The van der Waals surface area contributed by atoms with E-state index in [0.29, 0.717) is 42.5 Å². The maximum atomic E-state index is 13.3. The molecule has 2 aliphatic heterocycles. The first kappa shape index (κ1) is 27.4. The van der Waals surface area contributed by atoms with Crippen LogP contribution in [0.25, 0.3) is 0 Å². The van der Waals surface area contributed by atoms with Crippen LogP contribution in [0, 0.1) is 11.8 Å². The summed E-state index contributed by atoms with van der Waals surface area (Å²) in [4.78, 5) is 29.7. The zero-order valence-corrected chi connectivity index (χ0v) is 22.0. The molecule has 196 valence electrons. The van der Waals surface area contributed by atoms with Crippen molar-refractivity contribution >= 4 is 17.5 Å². The number of anilines is 1. The number of rotatable bonds is 6. The number of methoxy groups -OCH3 is 1. The number of hydrogen-bond donors (Lipinski definition) is 1. The average molecular weight is 490 g/mol. The predicted octanol–water partition coefficient (Wildman–Crippen LogP) is 3.66. The first-order valence-electron chi connectivity index (χ1n) is 13.0. The largest absolute Gasteiger partial charge is 0.491 e. The molecule has 0 bridgehead atoms. The van der Waals surface area contributed by atoms with Crippen molar-refractivity contribution in [3.05, 3.63) is 23.8 Å². The van der Waals surface area contributed by atoms with Crippen LogP contribution in [-0.4, -0.2) is 87.4 Å². The van der Waals surface area contributed by atoms with Crippen LogP contribution in [0.3, 0.4) is 0 Å². The molecule has 2 amide bonds. The lowest BCUT2D eigenvalue weighted by Crippen LogP contribution is -2.48. The minimum absolute atomic E-state index is 0.0445. The van der Waals surface area contributed by atoms with Gasteiger partial charge in [-0.15, -0.1) is 0 Å². The smallest absolute Gasteiger partial charge is 0.257 e. The lowest BCUT2D eigenvalue weighted by molar-refractivity contribution is -0.116. The number of carbonyl (C=O) groups excluding carboxylic acids is 2. The lowest BCUT2D eigenvalue weighted by Gasteiger charge is -2.38. The molecule has 8 heteroatoms. The van der Waals surface area contributed by atoms with Gasteiger partial charge in [-0.3, -0.25) is 14.5 Å². The molecule has 2 aliphatic rings. The molecule has 0 spiro atoms. The molecule has 0 aliphatic carbocycles. The third-order valence-corrected chi connectivity index (χ3v) is 7.17. The number of fused-ring (bicyclic) bond motifs is 1. The fourth-order valence-electron chi connectivity index (χ4n) is 4.89. The van der Waals surface area contributed by atoms with Crippen molar-refractivity contribution in [3.8, 4) is 5.75 Å². The third-order valence-electron chi connectivity index (χ3n) is 7.17. The molecule has 1 fully saturated rings. The van der Waals surface area contributed by atoms with Crippen molar-refractivity contribution < 1.29 is 23.8 Å². The molecule has 0 saturated carbocycles. The van der Waals surface area contributed by atoms with Gasteiger partial charge in [0, 0.05) is 71.2 Å². The van der Waals surface area contributed by atoms with E-state index in [0.717, 1.165) is 45.6 Å². The fraction of sp³-hybridized carbons (Fsp3) is 0.704. The Morgan fingerprint density at radius 2 is 1.94 bits per heavy atom. The zero-order chi connectivity index (χ0) is 25.4. The Balaban J connectivity index is 1.88. The van der Waals surface area contributed by atoms with Crippen LogP contribution in [-0.2, 0) is 14.3 Å². The van der Waals surface area contributed by atoms with Crippen LogP contribution < -0.4 is 10.1 Å². The highest BCUT2D eigenvalue weighted by molar-refractivity contribution is 5.98. The number of carbonyl (C=O) groups is 2. The van der Waals surface area contributed by atoms with E-state index in [1.165, 1.54) is 0 Å². The standard InChI is InChI=1S/C27H43N3O5/c1-6-7-26(31)28-22-8-9-23-24(14-22)35-18-20(3)30(16-21-10-12-34-13-11-21)15-19(2)25(33-5)17-29(4)27(23)32/h8-9,14,19-21,25H,6-7,10-13,15-18H2,1-5H3,(H,28,31)/t19-,20-,25+/m0/s1. The van der Waals surface area contributed by atoms with E-state index < -0.39 is 0 Å².